The van der Waals surface area contributed by atoms with Gasteiger partial charge in [-0.3, -0.25) is 9.59 Å². The number of carbonyl (C=O) groups excluding carboxylic acids is 2. The smallest absolute Gasteiger partial charge is 0.185 e. The second-order valence-corrected chi connectivity index (χ2v) is 5.81. The molecule has 0 aliphatic carbocycles. The molecular formula is C14H19NO4S. The van der Waals surface area contributed by atoms with Crippen LogP contribution < -0.4 is 5.73 Å². The number of nitrogens with two attached hydrogens (primary N) is 1. The third-order valence-electron chi connectivity index (χ3n) is 2.90. The van der Waals surface area contributed by atoms with E-state index in [1.165, 1.54) is 26.0 Å². The number of hydrogen-bond acceptors (Lipinski definition) is 6. The lowest BCUT2D eigenvalue weighted by Crippen LogP contribution is -2.20. The van der Waals surface area contributed by atoms with Crippen molar-refractivity contribution in [2.75, 3.05) is 11.5 Å². The third kappa shape index (κ3) is 4.63. The minimum absolute atomic E-state index is 0.0305. The first-order valence-electron chi connectivity index (χ1n) is 6.22. The second-order valence-electron chi connectivity index (χ2n) is 4.54. The Morgan fingerprint density at radius 2 is 1.95 bits per heavy atom. The molecule has 0 heterocycles. The molecule has 0 radical (unpaired) electrons. The Morgan fingerprint density at radius 3 is 2.45 bits per heavy atom. The molecule has 4 N–H and O–H groups in total. The highest BCUT2D eigenvalue weighted by Gasteiger charge is 2.21. The van der Waals surface area contributed by atoms with Gasteiger partial charge in [0, 0.05) is 29.5 Å². The summed E-state index contributed by atoms with van der Waals surface area (Å²) in [6.07, 6.45) is -1.87. The maximum absolute atomic E-state index is 11.2. The molecule has 5 nitrogen and oxygen atoms in total. The van der Waals surface area contributed by atoms with Crippen molar-refractivity contribution in [2.45, 2.75) is 32.5 Å². The van der Waals surface area contributed by atoms with Gasteiger partial charge in [-0.2, -0.15) is 0 Å². The number of rotatable bonds is 6. The molecule has 110 valence electrons. The largest absolute Gasteiger partial charge is 0.398 e. The number of nitrogen functional groups attached to an aromatic ring is 1. The lowest BCUT2D eigenvalue weighted by molar-refractivity contribution is -0.109. The Hall–Kier alpha value is -1.37. The quantitative estimate of drug-likeness (QED) is 0.544. The van der Waals surface area contributed by atoms with E-state index in [1.807, 2.05) is 0 Å². The van der Waals surface area contributed by atoms with Gasteiger partial charge in [0.1, 0.15) is 6.10 Å². The summed E-state index contributed by atoms with van der Waals surface area (Å²) in [7, 11) is 0. The fourth-order valence-electron chi connectivity index (χ4n) is 1.75. The minimum Gasteiger partial charge on any atom is -0.398 e. The molecule has 1 rings (SSSR count). The molecule has 0 aliphatic heterocycles. The van der Waals surface area contributed by atoms with E-state index < -0.39 is 12.2 Å². The summed E-state index contributed by atoms with van der Waals surface area (Å²) in [5.74, 6) is 0.315. The molecule has 20 heavy (non-hydrogen) atoms. The van der Waals surface area contributed by atoms with E-state index in [0.717, 1.165) is 11.8 Å². The van der Waals surface area contributed by atoms with Crippen LogP contribution in [0.5, 0.6) is 0 Å². The second kappa shape index (κ2) is 7.42. The zero-order valence-corrected chi connectivity index (χ0v) is 12.3. The fraction of sp³-hybridized carbons (Fsp3) is 0.429. The van der Waals surface area contributed by atoms with E-state index >= 15 is 0 Å². The standard InChI is InChI=1S/C14H19NO4S/c1-8(16)10-3-4-11(12(15)7-10)14(19)13(18)5-6-20-9(2)17/h3-4,7,13-14,18-19H,5-6,15H2,1-2H3. The van der Waals surface area contributed by atoms with E-state index in [4.69, 9.17) is 5.73 Å². The van der Waals surface area contributed by atoms with Crippen molar-refractivity contribution < 1.29 is 19.8 Å². The lowest BCUT2D eigenvalue weighted by atomic mass is 9.98. The minimum atomic E-state index is -1.14. The highest BCUT2D eigenvalue weighted by Crippen LogP contribution is 2.26. The van der Waals surface area contributed by atoms with Gasteiger partial charge in [0.15, 0.2) is 10.9 Å². The Kier molecular flexibility index (Phi) is 6.19. The van der Waals surface area contributed by atoms with Crippen LogP contribution in [0.15, 0.2) is 18.2 Å². The van der Waals surface area contributed by atoms with Crippen molar-refractivity contribution in [1.29, 1.82) is 0 Å². The Morgan fingerprint density at radius 1 is 1.30 bits per heavy atom. The molecule has 0 saturated carbocycles. The van der Waals surface area contributed by atoms with E-state index in [0.29, 0.717) is 16.9 Å². The molecular weight excluding hydrogens is 278 g/mol. The summed E-state index contributed by atoms with van der Waals surface area (Å²) < 4.78 is 0. The molecule has 0 aliphatic rings. The summed E-state index contributed by atoms with van der Waals surface area (Å²) >= 11 is 1.10. The Balaban J connectivity index is 2.73. The molecule has 2 atom stereocenters. The SMILES string of the molecule is CC(=O)SCCC(O)C(O)c1ccc(C(C)=O)cc1N. The third-order valence-corrected chi connectivity index (χ3v) is 3.74. The van der Waals surface area contributed by atoms with Crippen LogP contribution in [0.2, 0.25) is 0 Å². The molecule has 2 unspecified atom stereocenters. The van der Waals surface area contributed by atoms with E-state index in [1.54, 1.807) is 6.07 Å². The molecule has 1 aromatic carbocycles. The average molecular weight is 297 g/mol. The molecule has 0 aromatic heterocycles. The number of benzene rings is 1. The van der Waals surface area contributed by atoms with Crippen LogP contribution in [-0.4, -0.2) is 33.0 Å². The number of ketones is 1. The summed E-state index contributed by atoms with van der Waals surface area (Å²) in [6.45, 7) is 2.88. The van der Waals surface area contributed by atoms with Gasteiger partial charge in [-0.15, -0.1) is 0 Å². The van der Waals surface area contributed by atoms with Crippen molar-refractivity contribution in [1.82, 2.24) is 0 Å². The molecule has 6 heteroatoms. The van der Waals surface area contributed by atoms with Gasteiger partial charge in [-0.1, -0.05) is 23.9 Å². The Labute approximate surface area is 122 Å². The Bertz CT molecular complexity index is 504. The number of Topliss-reactive ketones (excluding diaryl/α,β-unsaturated/α-hetero) is 1. The molecule has 1 aromatic rings. The van der Waals surface area contributed by atoms with Crippen molar-refractivity contribution in [3.63, 3.8) is 0 Å². The maximum Gasteiger partial charge on any atom is 0.185 e. The van der Waals surface area contributed by atoms with Crippen LogP contribution in [0.25, 0.3) is 0 Å². The molecule has 0 amide bonds. The number of aliphatic hydroxyl groups excluding tert-OH is 2. The summed E-state index contributed by atoms with van der Waals surface area (Å²) in [4.78, 5) is 22.0. The predicted octanol–water partition coefficient (Wildman–Crippen LogP) is 1.54. The van der Waals surface area contributed by atoms with E-state index in [2.05, 4.69) is 0 Å². The zero-order valence-electron chi connectivity index (χ0n) is 11.5. The van der Waals surface area contributed by atoms with Gasteiger partial charge in [-0.05, 0) is 19.4 Å². The average Bonchev–Trinajstić information content (AvgIpc) is 2.37. The number of aliphatic hydroxyl groups is 2. The van der Waals surface area contributed by atoms with Crippen molar-refractivity contribution in [2.24, 2.45) is 0 Å². The first-order valence-corrected chi connectivity index (χ1v) is 7.21. The summed E-state index contributed by atoms with van der Waals surface area (Å²) in [5, 5.41) is 19.9. The van der Waals surface area contributed by atoms with Gasteiger partial charge < -0.3 is 15.9 Å². The van der Waals surface area contributed by atoms with Gasteiger partial charge in [0.05, 0.1) is 6.10 Å². The van der Waals surface area contributed by atoms with Crippen LogP contribution in [-0.2, 0) is 4.79 Å². The molecule has 0 fully saturated rings. The summed E-state index contributed by atoms with van der Waals surface area (Å²) in [5.41, 5.74) is 6.90. The molecule has 0 bridgehead atoms. The van der Waals surface area contributed by atoms with Crippen LogP contribution in [0.1, 0.15) is 42.3 Å². The number of hydrogen-bond donors (Lipinski definition) is 3. The lowest BCUT2D eigenvalue weighted by Gasteiger charge is -2.19. The fourth-order valence-corrected chi connectivity index (χ4v) is 2.40. The van der Waals surface area contributed by atoms with Crippen LogP contribution in [0, 0.1) is 0 Å². The first kappa shape index (κ1) is 16.7. The maximum atomic E-state index is 11.2. The van der Waals surface area contributed by atoms with Crippen molar-refractivity contribution in [3.05, 3.63) is 29.3 Å². The van der Waals surface area contributed by atoms with Crippen molar-refractivity contribution in [3.8, 4) is 0 Å². The topological polar surface area (TPSA) is 101 Å². The monoisotopic (exact) mass is 297 g/mol. The molecule has 0 spiro atoms. The van der Waals surface area contributed by atoms with Gasteiger partial charge >= 0.3 is 0 Å². The number of carbonyl (C=O) groups is 2. The zero-order chi connectivity index (χ0) is 15.3. The highest BCUT2D eigenvalue weighted by molar-refractivity contribution is 8.13. The van der Waals surface area contributed by atoms with E-state index in [-0.39, 0.29) is 23.0 Å². The highest BCUT2D eigenvalue weighted by atomic mass is 32.2. The summed E-state index contributed by atoms with van der Waals surface area (Å²) in [6, 6.07) is 4.59. The van der Waals surface area contributed by atoms with Gasteiger partial charge in [0.2, 0.25) is 0 Å². The first-order chi connectivity index (χ1) is 9.32. The van der Waals surface area contributed by atoms with Gasteiger partial charge in [-0.25, -0.2) is 0 Å². The van der Waals surface area contributed by atoms with Gasteiger partial charge in [0.25, 0.3) is 0 Å². The molecule has 0 saturated heterocycles. The normalized spacial score (nSPS) is 13.8. The van der Waals surface area contributed by atoms with Crippen molar-refractivity contribution >= 4 is 28.3 Å². The number of thioether (sulfide) groups is 1. The predicted molar refractivity (Wildman–Crippen MR) is 79.6 cm³/mol. The van der Waals surface area contributed by atoms with Crippen LogP contribution in [0.4, 0.5) is 5.69 Å². The number of anilines is 1. The van der Waals surface area contributed by atoms with Crippen LogP contribution >= 0.6 is 11.8 Å². The van der Waals surface area contributed by atoms with E-state index in [9.17, 15) is 19.8 Å². The van der Waals surface area contributed by atoms with Crippen LogP contribution in [0.3, 0.4) is 0 Å².